The van der Waals surface area contributed by atoms with Crippen LogP contribution in [0.1, 0.15) is 0 Å². The molecule has 0 saturated heterocycles. The molecule has 0 saturated carbocycles. The lowest BCUT2D eigenvalue weighted by Crippen LogP contribution is -1.95. The summed E-state index contributed by atoms with van der Waals surface area (Å²) in [7, 11) is -0.947. The Kier molecular flexibility index (Phi) is 2.37. The molecule has 0 aromatic carbocycles. The van der Waals surface area contributed by atoms with Crippen LogP contribution < -0.4 is 0 Å². The summed E-state index contributed by atoms with van der Waals surface area (Å²) in [6.45, 7) is 0. The van der Waals surface area contributed by atoms with E-state index in [1.807, 2.05) is 13.2 Å². The lowest BCUT2D eigenvalue weighted by molar-refractivity contribution is 0.611. The first-order valence-electron chi connectivity index (χ1n) is 5.12. The van der Waals surface area contributed by atoms with Crippen molar-refractivity contribution in [1.82, 2.24) is 24.1 Å². The third-order valence-electron chi connectivity index (χ3n) is 2.58. The third kappa shape index (κ3) is 1.58. The zero-order valence-electron chi connectivity index (χ0n) is 9.39. The van der Waals surface area contributed by atoms with Crippen molar-refractivity contribution in [3.05, 3.63) is 31.0 Å². The first-order valence-corrected chi connectivity index (χ1v) is 6.30. The fraction of sp³-hybridized carbons (Fsp3) is 0.100. The van der Waals surface area contributed by atoms with Gasteiger partial charge in [0.15, 0.2) is 21.4 Å². The van der Waals surface area contributed by atoms with Crippen molar-refractivity contribution in [2.45, 2.75) is 5.03 Å². The second kappa shape index (κ2) is 3.91. The van der Waals surface area contributed by atoms with Crippen LogP contribution in [0.15, 0.2) is 36.0 Å². The molecule has 3 aromatic rings. The molecule has 7 nitrogen and oxygen atoms in total. The monoisotopic (exact) mass is 263 g/mol. The van der Waals surface area contributed by atoms with Gasteiger partial charge >= 0.3 is 0 Å². The molecule has 0 aliphatic heterocycles. The second-order valence-electron chi connectivity index (χ2n) is 3.75. The highest BCUT2D eigenvalue weighted by molar-refractivity contribution is 7.72. The Morgan fingerprint density at radius 2 is 2.06 bits per heavy atom. The van der Waals surface area contributed by atoms with Crippen LogP contribution in [0, 0.1) is 0 Å². The van der Waals surface area contributed by atoms with Gasteiger partial charge in [0.05, 0.1) is 18.1 Å². The summed E-state index contributed by atoms with van der Waals surface area (Å²) in [6.07, 6.45) is 8.25. The molecular formula is C10H9N5O2S. The van der Waals surface area contributed by atoms with Gasteiger partial charge in [-0.25, -0.2) is 18.4 Å². The van der Waals surface area contributed by atoms with Crippen LogP contribution in [0.5, 0.6) is 0 Å². The summed E-state index contributed by atoms with van der Waals surface area (Å²) < 4.78 is 25.5. The topological polar surface area (TPSA) is 82.1 Å². The SMILES string of the molecule is Cn1cc(-c2cnc3c([SH](=O)=O)nccn23)cn1. The second-order valence-corrected chi connectivity index (χ2v) is 4.69. The maximum absolute atomic E-state index is 11.1. The Labute approximate surface area is 104 Å². The Morgan fingerprint density at radius 1 is 1.22 bits per heavy atom. The molecule has 0 amide bonds. The van der Waals surface area contributed by atoms with Crippen LogP contribution >= 0.6 is 0 Å². The van der Waals surface area contributed by atoms with Crippen LogP contribution in [-0.4, -0.2) is 32.6 Å². The van der Waals surface area contributed by atoms with E-state index in [2.05, 4.69) is 15.1 Å². The molecule has 8 heteroatoms. The van der Waals surface area contributed by atoms with E-state index in [0.717, 1.165) is 11.3 Å². The molecule has 0 N–H and O–H groups in total. The van der Waals surface area contributed by atoms with E-state index in [9.17, 15) is 8.42 Å². The number of imidazole rings is 1. The maximum atomic E-state index is 11.1. The zero-order valence-corrected chi connectivity index (χ0v) is 10.3. The van der Waals surface area contributed by atoms with Gasteiger partial charge in [0, 0.05) is 31.2 Å². The smallest absolute Gasteiger partial charge is 0.196 e. The first-order chi connectivity index (χ1) is 8.66. The summed E-state index contributed by atoms with van der Waals surface area (Å²) in [6, 6.07) is 0. The molecular weight excluding hydrogens is 254 g/mol. The average Bonchev–Trinajstić information content (AvgIpc) is 2.93. The zero-order chi connectivity index (χ0) is 12.7. The third-order valence-corrected chi connectivity index (χ3v) is 3.24. The van der Waals surface area contributed by atoms with Gasteiger partial charge in [-0.05, 0) is 0 Å². The van der Waals surface area contributed by atoms with Crippen molar-refractivity contribution in [3.63, 3.8) is 0 Å². The van der Waals surface area contributed by atoms with Gasteiger partial charge in [-0.1, -0.05) is 0 Å². The number of aryl methyl sites for hydroxylation is 1. The van der Waals surface area contributed by atoms with Gasteiger partial charge in [-0.3, -0.25) is 9.08 Å². The average molecular weight is 263 g/mol. The number of fused-ring (bicyclic) bond motifs is 1. The van der Waals surface area contributed by atoms with E-state index in [1.165, 1.54) is 6.20 Å². The van der Waals surface area contributed by atoms with Crippen molar-refractivity contribution >= 4 is 16.4 Å². The molecule has 18 heavy (non-hydrogen) atoms. The maximum Gasteiger partial charge on any atom is 0.196 e. The number of thiol groups is 1. The highest BCUT2D eigenvalue weighted by Crippen LogP contribution is 2.21. The van der Waals surface area contributed by atoms with E-state index in [-0.39, 0.29) is 5.03 Å². The number of hydrogen-bond acceptors (Lipinski definition) is 5. The normalized spacial score (nSPS) is 11.4. The Hall–Kier alpha value is -2.22. The lowest BCUT2D eigenvalue weighted by atomic mass is 10.3. The van der Waals surface area contributed by atoms with E-state index in [1.54, 1.807) is 27.7 Å². The van der Waals surface area contributed by atoms with Gasteiger partial charge in [-0.15, -0.1) is 0 Å². The lowest BCUT2D eigenvalue weighted by Gasteiger charge is -1.99. The predicted octanol–water partition coefficient (Wildman–Crippen LogP) is 0.100. The number of rotatable bonds is 2. The van der Waals surface area contributed by atoms with Crippen LogP contribution in [0.2, 0.25) is 0 Å². The highest BCUT2D eigenvalue weighted by atomic mass is 32.2. The molecule has 3 heterocycles. The van der Waals surface area contributed by atoms with Crippen LogP contribution in [0.4, 0.5) is 0 Å². The Morgan fingerprint density at radius 3 is 2.72 bits per heavy atom. The molecule has 0 aliphatic rings. The summed E-state index contributed by atoms with van der Waals surface area (Å²) in [4.78, 5) is 7.92. The largest absolute Gasteiger partial charge is 0.296 e. The van der Waals surface area contributed by atoms with Gasteiger partial charge in [0.1, 0.15) is 0 Å². The number of nitrogens with zero attached hydrogens (tertiary/aromatic N) is 5. The van der Waals surface area contributed by atoms with E-state index >= 15 is 0 Å². The van der Waals surface area contributed by atoms with Crippen molar-refractivity contribution in [2.24, 2.45) is 7.05 Å². The minimum absolute atomic E-state index is 0.0253. The van der Waals surface area contributed by atoms with Crippen molar-refractivity contribution in [2.75, 3.05) is 0 Å². The predicted molar refractivity (Wildman–Crippen MR) is 63.8 cm³/mol. The molecule has 0 bridgehead atoms. The summed E-state index contributed by atoms with van der Waals surface area (Å²) in [5.41, 5.74) is 1.97. The van der Waals surface area contributed by atoms with Gasteiger partial charge in [0.2, 0.25) is 0 Å². The van der Waals surface area contributed by atoms with Crippen LogP contribution in [-0.2, 0) is 17.8 Å². The number of aromatic nitrogens is 5. The molecule has 0 atom stereocenters. The summed E-state index contributed by atoms with van der Waals surface area (Å²) in [5, 5.41) is 4.05. The molecule has 3 aromatic heterocycles. The van der Waals surface area contributed by atoms with Gasteiger partial charge in [-0.2, -0.15) is 5.10 Å². The van der Waals surface area contributed by atoms with Crippen molar-refractivity contribution in [1.29, 1.82) is 0 Å². The fourth-order valence-corrected chi connectivity index (χ4v) is 2.29. The van der Waals surface area contributed by atoms with Gasteiger partial charge < -0.3 is 0 Å². The molecule has 0 spiro atoms. The minimum atomic E-state index is -2.76. The molecule has 0 fully saturated rings. The highest BCUT2D eigenvalue weighted by Gasteiger charge is 2.12. The quantitative estimate of drug-likeness (QED) is 0.663. The Bertz CT molecular complexity index is 794. The first kappa shape index (κ1) is 10.9. The van der Waals surface area contributed by atoms with Crippen molar-refractivity contribution in [3.8, 4) is 11.3 Å². The Balaban J connectivity index is 2.30. The standard InChI is InChI=1S/C10H9N5O2S/c1-14-6-7(4-13-14)8-5-12-9-10(18(16)17)11-2-3-15(8)9/h2-6,18H,1H3. The van der Waals surface area contributed by atoms with Crippen LogP contribution in [0.3, 0.4) is 0 Å². The molecule has 0 unspecified atom stereocenters. The number of hydrogen-bond donors (Lipinski definition) is 1. The van der Waals surface area contributed by atoms with Crippen molar-refractivity contribution < 1.29 is 8.42 Å². The molecule has 0 radical (unpaired) electrons. The van der Waals surface area contributed by atoms with E-state index < -0.39 is 10.7 Å². The molecule has 92 valence electrons. The van der Waals surface area contributed by atoms with Gasteiger partial charge in [0.25, 0.3) is 0 Å². The minimum Gasteiger partial charge on any atom is -0.296 e. The van der Waals surface area contributed by atoms with Crippen LogP contribution in [0.25, 0.3) is 16.9 Å². The molecule has 0 aliphatic carbocycles. The van der Waals surface area contributed by atoms with E-state index in [0.29, 0.717) is 5.65 Å². The summed E-state index contributed by atoms with van der Waals surface area (Å²) >= 11 is 0. The fourth-order valence-electron chi connectivity index (χ4n) is 1.80. The molecule has 3 rings (SSSR count). The summed E-state index contributed by atoms with van der Waals surface area (Å²) in [5.74, 6) is 0. The van der Waals surface area contributed by atoms with E-state index in [4.69, 9.17) is 0 Å².